The highest BCUT2D eigenvalue weighted by Gasteiger charge is 2.18. The number of halogens is 1. The summed E-state index contributed by atoms with van der Waals surface area (Å²) >= 11 is 6.02. The highest BCUT2D eigenvalue weighted by atomic mass is 35.5. The van der Waals surface area contributed by atoms with Crippen molar-refractivity contribution in [1.29, 1.82) is 0 Å². The molecule has 3 heterocycles. The number of nitrogens with one attached hydrogen (secondary N) is 2. The number of rotatable bonds is 4. The van der Waals surface area contributed by atoms with Crippen molar-refractivity contribution in [2.75, 3.05) is 23.7 Å². The van der Waals surface area contributed by atoms with Crippen LogP contribution in [0.4, 0.5) is 22.0 Å². The van der Waals surface area contributed by atoms with Crippen LogP contribution in [-0.4, -0.2) is 39.0 Å². The van der Waals surface area contributed by atoms with Crippen LogP contribution in [0.1, 0.15) is 12.8 Å². The van der Waals surface area contributed by atoms with E-state index in [9.17, 15) is 4.79 Å². The Bertz CT molecular complexity index is 990. The summed E-state index contributed by atoms with van der Waals surface area (Å²) in [6.45, 7) is 1.59. The molecule has 1 fully saturated rings. The SMILES string of the molecule is O=C(Nc1cncc(-c2cncc(Nc3cccc(Cl)c3)n2)c1)N1CCCC1. The summed E-state index contributed by atoms with van der Waals surface area (Å²) in [4.78, 5) is 27.2. The Balaban J connectivity index is 1.51. The number of hydrogen-bond donors (Lipinski definition) is 2. The molecule has 2 aromatic heterocycles. The maximum absolute atomic E-state index is 12.3. The number of urea groups is 1. The normalized spacial score (nSPS) is 13.4. The molecule has 0 bridgehead atoms. The minimum atomic E-state index is -0.0982. The predicted octanol–water partition coefficient (Wildman–Crippen LogP) is 4.56. The van der Waals surface area contributed by atoms with Crippen molar-refractivity contribution in [2.24, 2.45) is 0 Å². The van der Waals surface area contributed by atoms with Crippen LogP contribution < -0.4 is 10.6 Å². The van der Waals surface area contributed by atoms with E-state index in [1.807, 2.05) is 35.2 Å². The highest BCUT2D eigenvalue weighted by Crippen LogP contribution is 2.23. The third-order valence-electron chi connectivity index (χ3n) is 4.41. The van der Waals surface area contributed by atoms with Crippen molar-refractivity contribution in [2.45, 2.75) is 12.8 Å². The second kappa shape index (κ2) is 8.22. The number of likely N-dealkylation sites (tertiary alicyclic amines) is 1. The molecule has 0 saturated carbocycles. The average molecular weight is 395 g/mol. The molecule has 1 aromatic carbocycles. The molecule has 0 unspecified atom stereocenters. The number of amides is 2. The van der Waals surface area contributed by atoms with Crippen LogP contribution in [0.2, 0.25) is 5.02 Å². The van der Waals surface area contributed by atoms with Crippen LogP contribution in [0.15, 0.2) is 55.1 Å². The van der Waals surface area contributed by atoms with Crippen molar-refractivity contribution in [1.82, 2.24) is 19.9 Å². The molecule has 0 spiro atoms. The second-order valence-corrected chi connectivity index (χ2v) is 6.95. The maximum atomic E-state index is 12.3. The quantitative estimate of drug-likeness (QED) is 0.677. The van der Waals surface area contributed by atoms with Gasteiger partial charge in [-0.05, 0) is 37.1 Å². The number of carbonyl (C=O) groups excluding carboxylic acids is 1. The zero-order valence-corrected chi connectivity index (χ0v) is 15.9. The molecular formula is C20H19ClN6O. The number of pyridine rings is 1. The van der Waals surface area contributed by atoms with E-state index in [1.54, 1.807) is 24.8 Å². The van der Waals surface area contributed by atoms with Gasteiger partial charge in [-0.2, -0.15) is 0 Å². The monoisotopic (exact) mass is 394 g/mol. The van der Waals surface area contributed by atoms with Crippen molar-refractivity contribution >= 4 is 34.8 Å². The Hall–Kier alpha value is -3.19. The van der Waals surface area contributed by atoms with E-state index in [2.05, 4.69) is 25.6 Å². The van der Waals surface area contributed by atoms with Gasteiger partial charge in [0.25, 0.3) is 0 Å². The largest absolute Gasteiger partial charge is 0.339 e. The summed E-state index contributed by atoms with van der Waals surface area (Å²) in [5.41, 5.74) is 2.87. The zero-order valence-electron chi connectivity index (χ0n) is 15.1. The minimum Gasteiger partial charge on any atom is -0.339 e. The molecule has 0 atom stereocenters. The highest BCUT2D eigenvalue weighted by molar-refractivity contribution is 6.30. The molecule has 2 N–H and O–H groups in total. The van der Waals surface area contributed by atoms with Crippen LogP contribution >= 0.6 is 11.6 Å². The smallest absolute Gasteiger partial charge is 0.321 e. The lowest BCUT2D eigenvalue weighted by atomic mass is 10.2. The van der Waals surface area contributed by atoms with Crippen molar-refractivity contribution in [3.63, 3.8) is 0 Å². The molecule has 1 aliphatic rings. The van der Waals surface area contributed by atoms with E-state index in [1.165, 1.54) is 0 Å². The number of carbonyl (C=O) groups is 1. The maximum Gasteiger partial charge on any atom is 0.321 e. The molecule has 142 valence electrons. The van der Waals surface area contributed by atoms with Crippen LogP contribution in [0.25, 0.3) is 11.3 Å². The first-order valence-corrected chi connectivity index (χ1v) is 9.41. The van der Waals surface area contributed by atoms with Gasteiger partial charge in [0.2, 0.25) is 0 Å². The molecule has 2 amide bonds. The van der Waals surface area contributed by atoms with E-state index in [-0.39, 0.29) is 6.03 Å². The fraction of sp³-hybridized carbons (Fsp3) is 0.200. The first kappa shape index (κ1) is 18.2. The van der Waals surface area contributed by atoms with E-state index in [0.29, 0.717) is 22.2 Å². The van der Waals surface area contributed by atoms with Gasteiger partial charge in [0, 0.05) is 35.6 Å². The van der Waals surface area contributed by atoms with Crippen molar-refractivity contribution in [3.8, 4) is 11.3 Å². The third kappa shape index (κ3) is 4.37. The molecular weight excluding hydrogens is 376 g/mol. The van der Waals surface area contributed by atoms with E-state index >= 15 is 0 Å². The van der Waals surface area contributed by atoms with Crippen LogP contribution in [0.3, 0.4) is 0 Å². The van der Waals surface area contributed by atoms with Gasteiger partial charge in [-0.1, -0.05) is 17.7 Å². The van der Waals surface area contributed by atoms with Crippen LogP contribution in [0.5, 0.6) is 0 Å². The molecule has 8 heteroatoms. The number of hydrogen-bond acceptors (Lipinski definition) is 5. The van der Waals surface area contributed by atoms with Crippen LogP contribution in [-0.2, 0) is 0 Å². The fourth-order valence-electron chi connectivity index (χ4n) is 3.05. The topological polar surface area (TPSA) is 83.0 Å². The lowest BCUT2D eigenvalue weighted by Crippen LogP contribution is -2.32. The summed E-state index contributed by atoms with van der Waals surface area (Å²) in [5, 5.41) is 6.72. The third-order valence-corrected chi connectivity index (χ3v) is 4.65. The summed E-state index contributed by atoms with van der Waals surface area (Å²) in [6.07, 6.45) is 8.71. The Morgan fingerprint density at radius 2 is 1.82 bits per heavy atom. The second-order valence-electron chi connectivity index (χ2n) is 6.51. The van der Waals surface area contributed by atoms with Gasteiger partial charge in [0.1, 0.15) is 5.82 Å². The van der Waals surface area contributed by atoms with Gasteiger partial charge in [-0.25, -0.2) is 9.78 Å². The predicted molar refractivity (Wildman–Crippen MR) is 110 cm³/mol. The average Bonchev–Trinajstić information content (AvgIpc) is 3.24. The molecule has 3 aromatic rings. The van der Waals surface area contributed by atoms with Gasteiger partial charge in [0.05, 0.1) is 30.0 Å². The number of anilines is 3. The Morgan fingerprint density at radius 1 is 1.00 bits per heavy atom. The zero-order chi connectivity index (χ0) is 19.3. The van der Waals surface area contributed by atoms with E-state index in [0.717, 1.165) is 37.2 Å². The Morgan fingerprint density at radius 3 is 2.64 bits per heavy atom. The van der Waals surface area contributed by atoms with Crippen molar-refractivity contribution < 1.29 is 4.79 Å². The van der Waals surface area contributed by atoms with Crippen LogP contribution in [0, 0.1) is 0 Å². The number of nitrogens with zero attached hydrogens (tertiary/aromatic N) is 4. The van der Waals surface area contributed by atoms with Gasteiger partial charge in [-0.15, -0.1) is 0 Å². The summed E-state index contributed by atoms with van der Waals surface area (Å²) in [7, 11) is 0. The standard InChI is InChI=1S/C20H19ClN6O/c21-15-4-3-5-16(9-15)24-19-13-23-12-18(26-19)14-8-17(11-22-10-14)25-20(28)27-6-1-2-7-27/h3-5,8-13H,1-2,6-7H2,(H,24,26)(H,25,28). The molecule has 4 rings (SSSR count). The van der Waals surface area contributed by atoms with E-state index < -0.39 is 0 Å². The molecule has 1 aliphatic heterocycles. The molecule has 0 radical (unpaired) electrons. The van der Waals surface area contributed by atoms with Gasteiger partial charge >= 0.3 is 6.03 Å². The van der Waals surface area contributed by atoms with E-state index in [4.69, 9.17) is 11.6 Å². The summed E-state index contributed by atoms with van der Waals surface area (Å²) in [5.74, 6) is 0.589. The number of aromatic nitrogens is 3. The Kier molecular flexibility index (Phi) is 5.34. The minimum absolute atomic E-state index is 0.0982. The lowest BCUT2D eigenvalue weighted by Gasteiger charge is -2.16. The first-order valence-electron chi connectivity index (χ1n) is 9.03. The first-order chi connectivity index (χ1) is 13.7. The van der Waals surface area contributed by atoms with Crippen molar-refractivity contribution in [3.05, 3.63) is 60.1 Å². The lowest BCUT2D eigenvalue weighted by molar-refractivity contribution is 0.222. The molecule has 0 aliphatic carbocycles. The van der Waals surface area contributed by atoms with Gasteiger partial charge in [0.15, 0.2) is 0 Å². The van der Waals surface area contributed by atoms with Gasteiger partial charge < -0.3 is 15.5 Å². The molecule has 28 heavy (non-hydrogen) atoms. The molecule has 7 nitrogen and oxygen atoms in total. The number of benzene rings is 1. The summed E-state index contributed by atoms with van der Waals surface area (Å²) in [6, 6.07) is 9.12. The summed E-state index contributed by atoms with van der Waals surface area (Å²) < 4.78 is 0. The Labute approximate surface area is 167 Å². The molecule has 1 saturated heterocycles. The van der Waals surface area contributed by atoms with Gasteiger partial charge in [-0.3, -0.25) is 9.97 Å². The fourth-order valence-corrected chi connectivity index (χ4v) is 3.24.